The van der Waals surface area contributed by atoms with Gasteiger partial charge in [0.05, 0.1) is 6.26 Å². The van der Waals surface area contributed by atoms with Crippen LogP contribution in [0.2, 0.25) is 0 Å². The van der Waals surface area contributed by atoms with Gasteiger partial charge in [0.1, 0.15) is 5.76 Å². The highest BCUT2D eigenvalue weighted by molar-refractivity contribution is 5.83. The van der Waals surface area contributed by atoms with Gasteiger partial charge in [0.15, 0.2) is 0 Å². The Morgan fingerprint density at radius 3 is 2.73 bits per heavy atom. The monoisotopic (exact) mass is 210 g/mol. The van der Waals surface area contributed by atoms with Crippen molar-refractivity contribution in [3.63, 3.8) is 0 Å². The zero-order valence-electron chi connectivity index (χ0n) is 8.47. The number of alkyl halides is 2. The SMILES string of the molecule is CC(F)(F)CCc1occ2ccccc12. The first-order valence-electron chi connectivity index (χ1n) is 4.89. The zero-order chi connectivity index (χ0) is 10.9. The van der Waals surface area contributed by atoms with Crippen molar-refractivity contribution in [2.75, 3.05) is 0 Å². The molecule has 1 aromatic heterocycles. The number of rotatable bonds is 3. The average molecular weight is 210 g/mol. The summed E-state index contributed by atoms with van der Waals surface area (Å²) < 4.78 is 30.6. The van der Waals surface area contributed by atoms with Gasteiger partial charge < -0.3 is 4.42 Å². The van der Waals surface area contributed by atoms with Gasteiger partial charge in [-0.1, -0.05) is 24.3 Å². The van der Waals surface area contributed by atoms with Gasteiger partial charge in [-0.15, -0.1) is 0 Å². The van der Waals surface area contributed by atoms with Crippen molar-refractivity contribution in [3.8, 4) is 0 Å². The van der Waals surface area contributed by atoms with E-state index in [1.54, 1.807) is 6.26 Å². The van der Waals surface area contributed by atoms with Crippen LogP contribution in [-0.2, 0) is 6.42 Å². The molecule has 0 aliphatic heterocycles. The normalized spacial score (nSPS) is 12.2. The minimum Gasteiger partial charge on any atom is -0.468 e. The van der Waals surface area contributed by atoms with Gasteiger partial charge in [-0.2, -0.15) is 0 Å². The quantitative estimate of drug-likeness (QED) is 0.745. The molecule has 1 nitrogen and oxygen atoms in total. The lowest BCUT2D eigenvalue weighted by Crippen LogP contribution is -2.10. The number of fused-ring (bicyclic) bond motifs is 1. The van der Waals surface area contributed by atoms with Crippen molar-refractivity contribution in [2.45, 2.75) is 25.7 Å². The van der Waals surface area contributed by atoms with Crippen molar-refractivity contribution in [1.29, 1.82) is 0 Å². The van der Waals surface area contributed by atoms with Crippen LogP contribution in [0.5, 0.6) is 0 Å². The van der Waals surface area contributed by atoms with Crippen molar-refractivity contribution in [3.05, 3.63) is 36.3 Å². The minimum atomic E-state index is -2.63. The Morgan fingerprint density at radius 2 is 2.00 bits per heavy atom. The molecule has 0 fully saturated rings. The van der Waals surface area contributed by atoms with E-state index >= 15 is 0 Å². The molecule has 1 aromatic carbocycles. The highest BCUT2D eigenvalue weighted by atomic mass is 19.3. The Labute approximate surface area is 86.7 Å². The fourth-order valence-corrected chi connectivity index (χ4v) is 1.58. The maximum atomic E-state index is 12.7. The van der Waals surface area contributed by atoms with E-state index < -0.39 is 5.92 Å². The number of hydrogen-bond donors (Lipinski definition) is 0. The highest BCUT2D eigenvalue weighted by Gasteiger charge is 2.21. The Hall–Kier alpha value is -1.38. The number of halogens is 2. The van der Waals surface area contributed by atoms with Gasteiger partial charge in [0.2, 0.25) is 5.92 Å². The molecule has 0 radical (unpaired) electrons. The summed E-state index contributed by atoms with van der Waals surface area (Å²) in [7, 11) is 0. The lowest BCUT2D eigenvalue weighted by atomic mass is 10.1. The van der Waals surface area contributed by atoms with Gasteiger partial charge >= 0.3 is 0 Å². The van der Waals surface area contributed by atoms with Gasteiger partial charge in [0, 0.05) is 23.6 Å². The van der Waals surface area contributed by atoms with Crippen molar-refractivity contribution < 1.29 is 13.2 Å². The minimum absolute atomic E-state index is 0.176. The van der Waals surface area contributed by atoms with Crippen LogP contribution in [-0.4, -0.2) is 5.92 Å². The van der Waals surface area contributed by atoms with Crippen molar-refractivity contribution >= 4 is 10.8 Å². The molecule has 0 N–H and O–H groups in total. The molecule has 3 heteroatoms. The molecule has 0 aliphatic carbocycles. The second kappa shape index (κ2) is 3.65. The van der Waals surface area contributed by atoms with Gasteiger partial charge in [0.25, 0.3) is 0 Å². The van der Waals surface area contributed by atoms with Gasteiger partial charge in [-0.3, -0.25) is 0 Å². The molecule has 0 unspecified atom stereocenters. The first-order valence-corrected chi connectivity index (χ1v) is 4.89. The Kier molecular flexibility index (Phi) is 2.47. The van der Waals surface area contributed by atoms with E-state index in [1.807, 2.05) is 24.3 Å². The highest BCUT2D eigenvalue weighted by Crippen LogP contribution is 2.25. The van der Waals surface area contributed by atoms with Gasteiger partial charge in [-0.25, -0.2) is 8.78 Å². The third-order valence-electron chi connectivity index (χ3n) is 2.38. The van der Waals surface area contributed by atoms with E-state index in [1.165, 1.54) is 0 Å². The van der Waals surface area contributed by atoms with Crippen LogP contribution in [0.4, 0.5) is 8.78 Å². The molecular formula is C12H12F2O. The van der Waals surface area contributed by atoms with E-state index in [4.69, 9.17) is 4.42 Å². The summed E-state index contributed by atoms with van der Waals surface area (Å²) in [5.41, 5.74) is 0. The third kappa shape index (κ3) is 2.35. The summed E-state index contributed by atoms with van der Waals surface area (Å²) in [5.74, 6) is -1.99. The fraction of sp³-hybridized carbons (Fsp3) is 0.333. The molecule has 15 heavy (non-hydrogen) atoms. The summed E-state index contributed by atoms with van der Waals surface area (Å²) in [5, 5.41) is 1.90. The summed E-state index contributed by atoms with van der Waals surface area (Å²) in [6.07, 6.45) is 1.71. The van der Waals surface area contributed by atoms with Crippen LogP contribution in [0.25, 0.3) is 10.8 Å². The third-order valence-corrected chi connectivity index (χ3v) is 2.38. The largest absolute Gasteiger partial charge is 0.468 e. The predicted octanol–water partition coefficient (Wildman–Crippen LogP) is 4.02. The lowest BCUT2D eigenvalue weighted by molar-refractivity contribution is 0.0122. The number of benzene rings is 1. The smallest absolute Gasteiger partial charge is 0.245 e. The molecule has 2 rings (SSSR count). The average Bonchev–Trinajstić information content (AvgIpc) is 2.57. The molecule has 0 saturated carbocycles. The molecule has 0 bridgehead atoms. The summed E-state index contributed by atoms with van der Waals surface area (Å²) in [4.78, 5) is 0. The Bertz CT molecular complexity index is 454. The van der Waals surface area contributed by atoms with Crippen LogP contribution in [0.15, 0.2) is 34.9 Å². The number of hydrogen-bond acceptors (Lipinski definition) is 1. The van der Waals surface area contributed by atoms with E-state index in [2.05, 4.69) is 0 Å². The van der Waals surface area contributed by atoms with E-state index in [9.17, 15) is 8.78 Å². The summed E-state index contributed by atoms with van der Waals surface area (Å²) in [6, 6.07) is 7.58. The van der Waals surface area contributed by atoms with E-state index in [0.29, 0.717) is 5.76 Å². The van der Waals surface area contributed by atoms with Gasteiger partial charge in [-0.05, 0) is 6.92 Å². The molecule has 0 atom stereocenters. The Balaban J connectivity index is 2.22. The maximum absolute atomic E-state index is 12.7. The van der Waals surface area contributed by atoms with E-state index in [0.717, 1.165) is 17.7 Å². The second-order valence-corrected chi connectivity index (χ2v) is 3.82. The first kappa shape index (κ1) is 10.1. The van der Waals surface area contributed by atoms with E-state index in [-0.39, 0.29) is 12.8 Å². The number of aryl methyl sites for hydroxylation is 1. The van der Waals surface area contributed by atoms with Crippen LogP contribution in [0.3, 0.4) is 0 Å². The second-order valence-electron chi connectivity index (χ2n) is 3.82. The predicted molar refractivity (Wildman–Crippen MR) is 55.2 cm³/mol. The maximum Gasteiger partial charge on any atom is 0.245 e. The number of furan rings is 1. The molecule has 0 amide bonds. The zero-order valence-corrected chi connectivity index (χ0v) is 8.47. The first-order chi connectivity index (χ1) is 7.06. The molecule has 2 aromatic rings. The summed E-state index contributed by atoms with van der Waals surface area (Å²) >= 11 is 0. The lowest BCUT2D eigenvalue weighted by Gasteiger charge is -2.07. The molecule has 1 heterocycles. The van der Waals surface area contributed by atoms with Crippen LogP contribution in [0, 0.1) is 0 Å². The van der Waals surface area contributed by atoms with Crippen LogP contribution >= 0.6 is 0 Å². The van der Waals surface area contributed by atoms with Crippen molar-refractivity contribution in [2.24, 2.45) is 0 Å². The molecular weight excluding hydrogens is 198 g/mol. The topological polar surface area (TPSA) is 13.1 Å². The molecule has 0 spiro atoms. The van der Waals surface area contributed by atoms with Crippen LogP contribution < -0.4 is 0 Å². The Morgan fingerprint density at radius 1 is 1.27 bits per heavy atom. The molecule has 80 valence electrons. The van der Waals surface area contributed by atoms with Crippen LogP contribution in [0.1, 0.15) is 19.1 Å². The van der Waals surface area contributed by atoms with Crippen molar-refractivity contribution in [1.82, 2.24) is 0 Å². The molecule has 0 saturated heterocycles. The summed E-state index contributed by atoms with van der Waals surface area (Å²) in [6.45, 7) is 0.929. The molecule has 0 aliphatic rings. The standard InChI is InChI=1S/C12H12F2O/c1-12(13,14)7-6-11-10-5-3-2-4-9(10)8-15-11/h2-5,8H,6-7H2,1H3. The fourth-order valence-electron chi connectivity index (χ4n) is 1.58.